The van der Waals surface area contributed by atoms with Crippen molar-refractivity contribution in [3.05, 3.63) is 52.9 Å². The Kier molecular flexibility index (Phi) is 3.63. The average Bonchev–Trinajstić information content (AvgIpc) is 2.33. The number of aromatic nitrogens is 1. The van der Waals surface area contributed by atoms with E-state index in [2.05, 4.69) is 25.6 Å². The predicted octanol–water partition coefficient (Wildman–Crippen LogP) is 2.78. The highest BCUT2D eigenvalue weighted by atomic mass is 79.9. The number of nitrogens with zero attached hydrogens (tertiary/aromatic N) is 1. The molecule has 0 radical (unpaired) electrons. The van der Waals surface area contributed by atoms with E-state index in [-0.39, 0.29) is 15.2 Å². The molecule has 0 bridgehead atoms. The summed E-state index contributed by atoms with van der Waals surface area (Å²) in [5.41, 5.74) is 0. The smallest absolute Gasteiger partial charge is 0.263 e. The van der Waals surface area contributed by atoms with E-state index in [9.17, 15) is 12.8 Å². The Morgan fingerprint density at radius 3 is 2.61 bits per heavy atom. The Morgan fingerprint density at radius 1 is 1.22 bits per heavy atom. The molecule has 1 heterocycles. The van der Waals surface area contributed by atoms with Crippen molar-refractivity contribution in [1.29, 1.82) is 0 Å². The van der Waals surface area contributed by atoms with Crippen molar-refractivity contribution in [2.24, 2.45) is 0 Å². The van der Waals surface area contributed by atoms with Crippen molar-refractivity contribution in [1.82, 2.24) is 4.98 Å². The minimum absolute atomic E-state index is 0.158. The number of anilines is 1. The zero-order valence-electron chi connectivity index (χ0n) is 8.97. The second-order valence-corrected chi connectivity index (χ2v) is 5.93. The zero-order valence-corrected chi connectivity index (χ0v) is 11.4. The number of sulfonamides is 1. The molecule has 0 saturated carbocycles. The van der Waals surface area contributed by atoms with Gasteiger partial charge in [-0.2, -0.15) is 0 Å². The van der Waals surface area contributed by atoms with Gasteiger partial charge in [0.15, 0.2) is 0 Å². The second kappa shape index (κ2) is 5.03. The molecule has 0 saturated heterocycles. The number of nitrogens with one attached hydrogen (secondary N) is 1. The molecule has 2 aromatic rings. The number of rotatable bonds is 3. The van der Waals surface area contributed by atoms with Gasteiger partial charge in [0.1, 0.15) is 11.6 Å². The molecular weight excluding hydrogens is 323 g/mol. The predicted molar refractivity (Wildman–Crippen MR) is 69.1 cm³/mol. The van der Waals surface area contributed by atoms with Gasteiger partial charge in [0.05, 0.1) is 9.37 Å². The Morgan fingerprint density at radius 2 is 2.00 bits per heavy atom. The van der Waals surface area contributed by atoms with E-state index >= 15 is 0 Å². The van der Waals surface area contributed by atoms with Crippen molar-refractivity contribution in [2.45, 2.75) is 4.90 Å². The number of hydrogen-bond donors (Lipinski definition) is 1. The fraction of sp³-hybridized carbons (Fsp3) is 0. The van der Waals surface area contributed by atoms with Crippen LogP contribution in [0, 0.1) is 5.82 Å². The van der Waals surface area contributed by atoms with Crippen molar-refractivity contribution < 1.29 is 12.8 Å². The lowest BCUT2D eigenvalue weighted by atomic mass is 10.3. The van der Waals surface area contributed by atoms with Gasteiger partial charge in [0.25, 0.3) is 10.0 Å². The van der Waals surface area contributed by atoms with Gasteiger partial charge in [0.2, 0.25) is 0 Å². The van der Waals surface area contributed by atoms with E-state index in [1.165, 1.54) is 24.4 Å². The molecule has 2 rings (SSSR count). The van der Waals surface area contributed by atoms with Gasteiger partial charge < -0.3 is 0 Å². The third-order valence-corrected chi connectivity index (χ3v) is 4.10. The first-order chi connectivity index (χ1) is 8.49. The zero-order chi connectivity index (χ0) is 13.2. The maximum atomic E-state index is 13.3. The Bertz CT molecular complexity index is 662. The van der Waals surface area contributed by atoms with Crippen LogP contribution in [0.4, 0.5) is 10.2 Å². The topological polar surface area (TPSA) is 59.1 Å². The largest absolute Gasteiger partial charge is 0.263 e. The van der Waals surface area contributed by atoms with E-state index in [4.69, 9.17) is 0 Å². The van der Waals surface area contributed by atoms with E-state index in [0.717, 1.165) is 6.07 Å². The summed E-state index contributed by atoms with van der Waals surface area (Å²) in [5.74, 6) is -0.459. The lowest BCUT2D eigenvalue weighted by molar-refractivity contribution is 0.593. The second-order valence-electron chi connectivity index (χ2n) is 3.40. The normalized spacial score (nSPS) is 11.2. The summed E-state index contributed by atoms with van der Waals surface area (Å²) in [6.07, 6.45) is 1.46. The Labute approximate surface area is 112 Å². The van der Waals surface area contributed by atoms with Crippen LogP contribution in [0.3, 0.4) is 0 Å². The van der Waals surface area contributed by atoms with Crippen LogP contribution in [-0.4, -0.2) is 13.4 Å². The van der Waals surface area contributed by atoms with E-state index in [1.54, 1.807) is 12.1 Å². The van der Waals surface area contributed by atoms with Crippen molar-refractivity contribution in [3.8, 4) is 0 Å². The molecule has 18 heavy (non-hydrogen) atoms. The van der Waals surface area contributed by atoms with Crippen LogP contribution in [0.1, 0.15) is 0 Å². The summed E-state index contributed by atoms with van der Waals surface area (Å²) in [6, 6.07) is 8.40. The van der Waals surface area contributed by atoms with Gasteiger partial charge in [-0.05, 0) is 46.3 Å². The van der Waals surface area contributed by atoms with Crippen molar-refractivity contribution >= 4 is 31.8 Å². The van der Waals surface area contributed by atoms with Crippen molar-refractivity contribution in [2.75, 3.05) is 4.72 Å². The lowest BCUT2D eigenvalue weighted by Gasteiger charge is -2.07. The number of halogens is 2. The summed E-state index contributed by atoms with van der Waals surface area (Å²) in [6.45, 7) is 0. The lowest BCUT2D eigenvalue weighted by Crippen LogP contribution is -2.14. The molecule has 0 spiro atoms. The van der Waals surface area contributed by atoms with Gasteiger partial charge in [-0.15, -0.1) is 0 Å². The molecular formula is C11H8BrFN2O2S. The van der Waals surface area contributed by atoms with E-state index < -0.39 is 15.8 Å². The van der Waals surface area contributed by atoms with Crippen molar-refractivity contribution in [3.63, 3.8) is 0 Å². The summed E-state index contributed by atoms with van der Waals surface area (Å²) in [4.78, 5) is 3.68. The highest BCUT2D eigenvalue weighted by Gasteiger charge is 2.16. The molecule has 7 heteroatoms. The van der Waals surface area contributed by atoms with Gasteiger partial charge in [0, 0.05) is 6.20 Å². The molecule has 1 aromatic carbocycles. The fourth-order valence-electron chi connectivity index (χ4n) is 1.26. The third-order valence-electron chi connectivity index (χ3n) is 2.11. The average molecular weight is 331 g/mol. The maximum absolute atomic E-state index is 13.3. The van der Waals surface area contributed by atoms with Crippen LogP contribution in [0.2, 0.25) is 0 Å². The molecule has 0 aliphatic heterocycles. The maximum Gasteiger partial charge on any atom is 0.263 e. The minimum Gasteiger partial charge on any atom is -0.263 e. The van der Waals surface area contributed by atoms with Crippen LogP contribution >= 0.6 is 15.9 Å². The van der Waals surface area contributed by atoms with Gasteiger partial charge >= 0.3 is 0 Å². The number of hydrogen-bond acceptors (Lipinski definition) is 3. The summed E-state index contributed by atoms with van der Waals surface area (Å²) in [5, 5.41) is 0. The summed E-state index contributed by atoms with van der Waals surface area (Å²) >= 11 is 2.96. The van der Waals surface area contributed by atoms with Crippen LogP contribution in [-0.2, 0) is 10.0 Å². The summed E-state index contributed by atoms with van der Waals surface area (Å²) in [7, 11) is -3.83. The van der Waals surface area contributed by atoms with Crippen LogP contribution < -0.4 is 4.72 Å². The third kappa shape index (κ3) is 2.85. The molecule has 0 aliphatic rings. The fourth-order valence-corrected chi connectivity index (χ4v) is 2.53. The molecule has 1 N–H and O–H groups in total. The van der Waals surface area contributed by atoms with Gasteiger partial charge in [-0.25, -0.2) is 17.8 Å². The summed E-state index contributed by atoms with van der Waals surface area (Å²) < 4.78 is 39.6. The SMILES string of the molecule is O=S(=O)(Nc1ccccn1)c1ccc(Br)c(F)c1. The molecule has 0 unspecified atom stereocenters. The quantitative estimate of drug-likeness (QED) is 0.941. The number of benzene rings is 1. The van der Waals surface area contributed by atoms with Gasteiger partial charge in [-0.1, -0.05) is 6.07 Å². The van der Waals surface area contributed by atoms with Crippen LogP contribution in [0.15, 0.2) is 52.0 Å². The first-order valence-corrected chi connectivity index (χ1v) is 7.15. The Balaban J connectivity index is 2.34. The van der Waals surface area contributed by atoms with Crippen LogP contribution in [0.5, 0.6) is 0 Å². The van der Waals surface area contributed by atoms with Gasteiger partial charge in [-0.3, -0.25) is 4.72 Å². The molecule has 1 aromatic heterocycles. The molecule has 0 amide bonds. The molecule has 0 fully saturated rings. The highest BCUT2D eigenvalue weighted by Crippen LogP contribution is 2.20. The first-order valence-electron chi connectivity index (χ1n) is 4.88. The standard InChI is InChI=1S/C11H8BrFN2O2S/c12-9-5-4-8(7-10(9)13)18(16,17)15-11-3-1-2-6-14-11/h1-7H,(H,14,15). The molecule has 94 valence electrons. The Hall–Kier alpha value is -1.47. The number of pyridine rings is 1. The minimum atomic E-state index is -3.83. The molecule has 0 atom stereocenters. The monoisotopic (exact) mass is 330 g/mol. The molecule has 0 aliphatic carbocycles. The van der Waals surface area contributed by atoms with Crippen LogP contribution in [0.25, 0.3) is 0 Å². The molecule has 4 nitrogen and oxygen atoms in total. The van der Waals surface area contributed by atoms with E-state index in [0.29, 0.717) is 0 Å². The van der Waals surface area contributed by atoms with E-state index in [1.807, 2.05) is 0 Å². The highest BCUT2D eigenvalue weighted by molar-refractivity contribution is 9.10. The first kappa shape index (κ1) is 13.0.